The topological polar surface area (TPSA) is 38.7 Å². The van der Waals surface area contributed by atoms with Gasteiger partial charge in [0.1, 0.15) is 11.5 Å². The Labute approximate surface area is 116 Å². The van der Waals surface area contributed by atoms with Gasteiger partial charge in [0.05, 0.1) is 13.2 Å². The monoisotopic (exact) mass is 266 g/mol. The van der Waals surface area contributed by atoms with Gasteiger partial charge in [-0.15, -0.1) is 0 Å². The molecule has 0 aromatic heterocycles. The molecule has 0 unspecified atom stereocenters. The van der Waals surface area contributed by atoms with Gasteiger partial charge in [0.25, 0.3) is 0 Å². The molecule has 0 fully saturated rings. The minimum absolute atomic E-state index is 0.265. The molecule has 1 aromatic rings. The van der Waals surface area contributed by atoms with Gasteiger partial charge in [0.2, 0.25) is 0 Å². The maximum atomic E-state index is 8.68. The van der Waals surface area contributed by atoms with E-state index in [1.54, 1.807) is 0 Å². The first-order chi connectivity index (χ1) is 9.36. The van der Waals surface area contributed by atoms with Crippen molar-refractivity contribution < 1.29 is 14.6 Å². The first-order valence-corrected chi connectivity index (χ1v) is 7.33. The molecule has 0 radical (unpaired) electrons. The highest BCUT2D eigenvalue weighted by Crippen LogP contribution is 2.20. The average molecular weight is 266 g/mol. The van der Waals surface area contributed by atoms with Crippen molar-refractivity contribution in [3.05, 3.63) is 24.3 Å². The summed E-state index contributed by atoms with van der Waals surface area (Å²) in [6.45, 7) is 3.92. The molecule has 0 saturated heterocycles. The summed E-state index contributed by atoms with van der Waals surface area (Å²) in [6.07, 6.45) is 6.35. The maximum Gasteiger partial charge on any atom is 0.122 e. The third-order valence-corrected chi connectivity index (χ3v) is 2.89. The molecule has 3 heteroatoms. The van der Waals surface area contributed by atoms with Crippen LogP contribution in [-0.2, 0) is 0 Å². The third-order valence-electron chi connectivity index (χ3n) is 2.89. The van der Waals surface area contributed by atoms with Crippen LogP contribution in [0.25, 0.3) is 0 Å². The van der Waals surface area contributed by atoms with Gasteiger partial charge in [-0.05, 0) is 37.8 Å². The number of rotatable bonds is 11. The second-order valence-electron chi connectivity index (χ2n) is 4.66. The van der Waals surface area contributed by atoms with Gasteiger partial charge in [0.15, 0.2) is 0 Å². The Hall–Kier alpha value is -1.22. The fourth-order valence-corrected chi connectivity index (χ4v) is 1.78. The van der Waals surface area contributed by atoms with Crippen LogP contribution >= 0.6 is 0 Å². The van der Waals surface area contributed by atoms with Gasteiger partial charge in [-0.2, -0.15) is 0 Å². The molecule has 0 aliphatic heterocycles. The van der Waals surface area contributed by atoms with Crippen molar-refractivity contribution in [2.45, 2.75) is 45.4 Å². The largest absolute Gasteiger partial charge is 0.493 e. The molecular formula is C16H26O3. The molecule has 0 bridgehead atoms. The molecule has 0 heterocycles. The lowest BCUT2D eigenvalue weighted by atomic mass is 10.2. The highest BCUT2D eigenvalue weighted by atomic mass is 16.5. The molecule has 1 aromatic carbocycles. The Balaban J connectivity index is 2.23. The van der Waals surface area contributed by atoms with E-state index in [-0.39, 0.29) is 6.61 Å². The Morgan fingerprint density at radius 1 is 0.895 bits per heavy atom. The molecule has 0 spiro atoms. The molecule has 1 rings (SSSR count). The van der Waals surface area contributed by atoms with Crippen LogP contribution in [0.3, 0.4) is 0 Å². The van der Waals surface area contributed by atoms with E-state index in [2.05, 4.69) is 6.92 Å². The third kappa shape index (κ3) is 7.73. The molecule has 108 valence electrons. The Morgan fingerprint density at radius 2 is 1.53 bits per heavy atom. The van der Waals surface area contributed by atoms with Crippen molar-refractivity contribution in [1.29, 1.82) is 0 Å². The fraction of sp³-hybridized carbons (Fsp3) is 0.625. The molecule has 0 aliphatic carbocycles. The summed E-state index contributed by atoms with van der Waals surface area (Å²) < 4.78 is 11.3. The number of ether oxygens (including phenoxy) is 2. The minimum Gasteiger partial charge on any atom is -0.493 e. The SMILES string of the molecule is CCCCCOc1cccc(OCCCCCO)c1. The van der Waals surface area contributed by atoms with Gasteiger partial charge in [-0.3, -0.25) is 0 Å². The zero-order chi connectivity index (χ0) is 13.8. The van der Waals surface area contributed by atoms with Crippen LogP contribution in [0.1, 0.15) is 45.4 Å². The number of aliphatic hydroxyl groups excluding tert-OH is 1. The summed E-state index contributed by atoms with van der Waals surface area (Å²) in [5.41, 5.74) is 0. The van der Waals surface area contributed by atoms with E-state index in [0.717, 1.165) is 43.8 Å². The van der Waals surface area contributed by atoms with Crippen LogP contribution in [0.5, 0.6) is 11.5 Å². The van der Waals surface area contributed by atoms with E-state index >= 15 is 0 Å². The van der Waals surface area contributed by atoms with Crippen molar-refractivity contribution in [2.24, 2.45) is 0 Å². The number of aliphatic hydroxyl groups is 1. The summed E-state index contributed by atoms with van der Waals surface area (Å²) in [4.78, 5) is 0. The molecule has 1 N–H and O–H groups in total. The highest BCUT2D eigenvalue weighted by molar-refractivity contribution is 5.32. The van der Waals surface area contributed by atoms with Crippen LogP contribution in [0.4, 0.5) is 0 Å². The summed E-state index contributed by atoms with van der Waals surface area (Å²) in [5.74, 6) is 1.74. The van der Waals surface area contributed by atoms with Crippen LogP contribution in [0, 0.1) is 0 Å². The number of hydrogen-bond acceptors (Lipinski definition) is 3. The lowest BCUT2D eigenvalue weighted by Crippen LogP contribution is -2.00. The molecule has 0 atom stereocenters. The Bertz CT molecular complexity index is 326. The molecule has 0 aliphatic rings. The van der Waals surface area contributed by atoms with Crippen LogP contribution in [0.15, 0.2) is 24.3 Å². The predicted molar refractivity (Wildman–Crippen MR) is 77.9 cm³/mol. The van der Waals surface area contributed by atoms with Gasteiger partial charge >= 0.3 is 0 Å². The fourth-order valence-electron chi connectivity index (χ4n) is 1.78. The van der Waals surface area contributed by atoms with Gasteiger partial charge in [0, 0.05) is 12.7 Å². The van der Waals surface area contributed by atoms with Crippen molar-refractivity contribution in [3.8, 4) is 11.5 Å². The van der Waals surface area contributed by atoms with Gasteiger partial charge in [-0.25, -0.2) is 0 Å². The van der Waals surface area contributed by atoms with Crippen LogP contribution < -0.4 is 9.47 Å². The Kier molecular flexibility index (Phi) is 8.90. The molecule has 3 nitrogen and oxygen atoms in total. The summed E-state index contributed by atoms with van der Waals surface area (Å²) in [7, 11) is 0. The average Bonchev–Trinajstić information content (AvgIpc) is 2.44. The van der Waals surface area contributed by atoms with E-state index in [1.807, 2.05) is 24.3 Å². The van der Waals surface area contributed by atoms with Crippen molar-refractivity contribution in [2.75, 3.05) is 19.8 Å². The zero-order valence-corrected chi connectivity index (χ0v) is 11.9. The van der Waals surface area contributed by atoms with Crippen molar-refractivity contribution >= 4 is 0 Å². The van der Waals surface area contributed by atoms with E-state index in [4.69, 9.17) is 14.6 Å². The minimum atomic E-state index is 0.265. The molecular weight excluding hydrogens is 240 g/mol. The normalized spacial score (nSPS) is 10.4. The second kappa shape index (κ2) is 10.7. The van der Waals surface area contributed by atoms with E-state index in [0.29, 0.717) is 6.61 Å². The summed E-state index contributed by atoms with van der Waals surface area (Å²) in [6, 6.07) is 7.81. The lowest BCUT2D eigenvalue weighted by Gasteiger charge is -2.09. The van der Waals surface area contributed by atoms with Crippen LogP contribution in [0.2, 0.25) is 0 Å². The summed E-state index contributed by atoms with van der Waals surface area (Å²) in [5, 5.41) is 8.68. The summed E-state index contributed by atoms with van der Waals surface area (Å²) >= 11 is 0. The smallest absolute Gasteiger partial charge is 0.122 e. The maximum absolute atomic E-state index is 8.68. The van der Waals surface area contributed by atoms with Gasteiger partial charge < -0.3 is 14.6 Å². The molecule has 0 saturated carbocycles. The van der Waals surface area contributed by atoms with E-state index < -0.39 is 0 Å². The Morgan fingerprint density at radius 3 is 2.11 bits per heavy atom. The van der Waals surface area contributed by atoms with Crippen molar-refractivity contribution in [1.82, 2.24) is 0 Å². The number of unbranched alkanes of at least 4 members (excludes halogenated alkanes) is 4. The molecule has 19 heavy (non-hydrogen) atoms. The van der Waals surface area contributed by atoms with Crippen molar-refractivity contribution in [3.63, 3.8) is 0 Å². The second-order valence-corrected chi connectivity index (χ2v) is 4.66. The lowest BCUT2D eigenvalue weighted by molar-refractivity contribution is 0.264. The van der Waals surface area contributed by atoms with E-state index in [1.165, 1.54) is 12.8 Å². The zero-order valence-electron chi connectivity index (χ0n) is 11.9. The van der Waals surface area contributed by atoms with E-state index in [9.17, 15) is 0 Å². The quantitative estimate of drug-likeness (QED) is 0.619. The molecule has 0 amide bonds. The first kappa shape index (κ1) is 15.8. The number of benzene rings is 1. The first-order valence-electron chi connectivity index (χ1n) is 7.33. The highest BCUT2D eigenvalue weighted by Gasteiger charge is 1.98. The predicted octanol–water partition coefficient (Wildman–Crippen LogP) is 3.80. The van der Waals surface area contributed by atoms with Crippen LogP contribution in [-0.4, -0.2) is 24.9 Å². The number of hydrogen-bond donors (Lipinski definition) is 1. The standard InChI is InChI=1S/C16H26O3/c1-2-3-6-12-18-15-9-8-10-16(14-15)19-13-7-4-5-11-17/h8-10,14,17H,2-7,11-13H2,1H3. The van der Waals surface area contributed by atoms with Gasteiger partial charge in [-0.1, -0.05) is 25.8 Å².